The first-order valence-corrected chi connectivity index (χ1v) is 8.21. The molecule has 0 saturated heterocycles. The molecule has 8 nitrogen and oxygen atoms in total. The summed E-state index contributed by atoms with van der Waals surface area (Å²) in [5, 5.41) is 5.58. The average molecular weight is 347 g/mol. The highest BCUT2D eigenvalue weighted by molar-refractivity contribution is 6.02. The van der Waals surface area contributed by atoms with Gasteiger partial charge in [0.1, 0.15) is 0 Å². The number of amides is 2. The van der Waals surface area contributed by atoms with Crippen molar-refractivity contribution in [2.24, 2.45) is 0 Å². The lowest BCUT2D eigenvalue weighted by Gasteiger charge is -2.09. The Kier molecular flexibility index (Phi) is 6.91. The molecule has 0 fully saturated rings. The van der Waals surface area contributed by atoms with Crippen LogP contribution >= 0.6 is 0 Å². The van der Waals surface area contributed by atoms with Crippen molar-refractivity contribution >= 4 is 17.3 Å². The third-order valence-electron chi connectivity index (χ3n) is 3.63. The van der Waals surface area contributed by atoms with E-state index in [0.29, 0.717) is 25.2 Å². The number of aromatic nitrogens is 2. The molecule has 136 valence electrons. The van der Waals surface area contributed by atoms with Crippen molar-refractivity contribution in [1.82, 2.24) is 24.9 Å². The van der Waals surface area contributed by atoms with Crippen LogP contribution < -0.4 is 10.6 Å². The minimum absolute atomic E-state index is 0.185. The Bertz CT molecular complexity index is 726. The number of ether oxygens (including phenoxy) is 1. The van der Waals surface area contributed by atoms with Gasteiger partial charge in [0.15, 0.2) is 5.69 Å². The number of methoxy groups -OCH3 is 1. The van der Waals surface area contributed by atoms with E-state index in [1.807, 2.05) is 20.2 Å². The fourth-order valence-electron chi connectivity index (χ4n) is 2.39. The summed E-state index contributed by atoms with van der Waals surface area (Å²) in [6, 6.07) is 5.37. The van der Waals surface area contributed by atoms with Crippen molar-refractivity contribution in [3.63, 3.8) is 0 Å². The average Bonchev–Trinajstić information content (AvgIpc) is 2.98. The highest BCUT2D eigenvalue weighted by Gasteiger charge is 2.20. The van der Waals surface area contributed by atoms with Crippen molar-refractivity contribution in [1.29, 1.82) is 0 Å². The van der Waals surface area contributed by atoms with E-state index in [1.165, 1.54) is 0 Å². The molecule has 0 unspecified atom stereocenters. The summed E-state index contributed by atoms with van der Waals surface area (Å²) < 4.78 is 6.54. The van der Waals surface area contributed by atoms with Gasteiger partial charge in [0.25, 0.3) is 11.8 Å². The normalized spacial score (nSPS) is 11.0. The van der Waals surface area contributed by atoms with E-state index >= 15 is 0 Å². The molecule has 0 saturated carbocycles. The molecule has 0 aromatic carbocycles. The number of carbonyl (C=O) groups excluding carboxylic acids is 2. The maximum absolute atomic E-state index is 12.4. The largest absolute Gasteiger partial charge is 0.383 e. The molecule has 0 radical (unpaired) electrons. The second kappa shape index (κ2) is 9.14. The predicted octanol–water partition coefficient (Wildman–Crippen LogP) is 0.392. The molecule has 25 heavy (non-hydrogen) atoms. The molecule has 0 bridgehead atoms. The Morgan fingerprint density at radius 2 is 1.96 bits per heavy atom. The monoisotopic (exact) mass is 347 g/mol. The van der Waals surface area contributed by atoms with Crippen molar-refractivity contribution in [3.8, 4) is 0 Å². The molecular weight excluding hydrogens is 322 g/mol. The summed E-state index contributed by atoms with van der Waals surface area (Å²) in [5.74, 6) is -0.437. The summed E-state index contributed by atoms with van der Waals surface area (Å²) in [5.41, 5.74) is 0.854. The number of carbonyl (C=O) groups is 2. The Morgan fingerprint density at radius 3 is 2.68 bits per heavy atom. The first-order chi connectivity index (χ1) is 12.0. The molecule has 2 aromatic heterocycles. The highest BCUT2D eigenvalue weighted by atomic mass is 16.5. The Hall–Kier alpha value is -2.45. The van der Waals surface area contributed by atoms with Crippen molar-refractivity contribution in [2.75, 3.05) is 47.4 Å². The van der Waals surface area contributed by atoms with Gasteiger partial charge in [0, 0.05) is 26.4 Å². The zero-order valence-electron chi connectivity index (χ0n) is 14.9. The number of rotatable bonds is 9. The fourth-order valence-corrected chi connectivity index (χ4v) is 2.39. The summed E-state index contributed by atoms with van der Waals surface area (Å²) >= 11 is 0. The van der Waals surface area contributed by atoms with Gasteiger partial charge in [0.05, 0.1) is 12.1 Å². The number of fused-ring (bicyclic) bond motifs is 1. The minimum atomic E-state index is -0.343. The molecule has 0 aliphatic carbocycles. The van der Waals surface area contributed by atoms with Gasteiger partial charge < -0.3 is 20.3 Å². The van der Waals surface area contributed by atoms with E-state index in [4.69, 9.17) is 4.74 Å². The Balaban J connectivity index is 2.14. The maximum atomic E-state index is 12.4. The van der Waals surface area contributed by atoms with Crippen molar-refractivity contribution in [2.45, 2.75) is 6.42 Å². The van der Waals surface area contributed by atoms with Crippen LogP contribution in [0.25, 0.3) is 5.52 Å². The lowest BCUT2D eigenvalue weighted by molar-refractivity contribution is 0.0926. The maximum Gasteiger partial charge on any atom is 0.287 e. The van der Waals surface area contributed by atoms with Gasteiger partial charge in [-0.1, -0.05) is 6.07 Å². The molecule has 8 heteroatoms. The molecular formula is C17H25N5O3. The second-order valence-electron chi connectivity index (χ2n) is 5.90. The zero-order valence-corrected chi connectivity index (χ0v) is 14.9. The predicted molar refractivity (Wildman–Crippen MR) is 94.9 cm³/mol. The number of pyridine rings is 1. The highest BCUT2D eigenvalue weighted by Crippen LogP contribution is 2.13. The van der Waals surface area contributed by atoms with Crippen LogP contribution in [0, 0.1) is 0 Å². The van der Waals surface area contributed by atoms with E-state index in [1.54, 1.807) is 29.8 Å². The first kappa shape index (κ1) is 18.9. The van der Waals surface area contributed by atoms with Gasteiger partial charge in [-0.3, -0.25) is 14.0 Å². The molecule has 2 rings (SSSR count). The molecule has 0 aliphatic rings. The van der Waals surface area contributed by atoms with Gasteiger partial charge in [-0.2, -0.15) is 0 Å². The van der Waals surface area contributed by atoms with E-state index in [-0.39, 0.29) is 23.3 Å². The van der Waals surface area contributed by atoms with Crippen molar-refractivity contribution < 1.29 is 14.3 Å². The van der Waals surface area contributed by atoms with Gasteiger partial charge in [-0.05, 0) is 39.2 Å². The molecule has 2 aromatic rings. The minimum Gasteiger partial charge on any atom is -0.383 e. The first-order valence-electron chi connectivity index (χ1n) is 8.21. The lowest BCUT2D eigenvalue weighted by atomic mass is 10.3. The van der Waals surface area contributed by atoms with Crippen LogP contribution in [-0.4, -0.2) is 73.5 Å². The van der Waals surface area contributed by atoms with Gasteiger partial charge >= 0.3 is 0 Å². The Morgan fingerprint density at radius 1 is 1.20 bits per heavy atom. The molecule has 0 spiro atoms. The van der Waals surface area contributed by atoms with Gasteiger partial charge in [0.2, 0.25) is 5.82 Å². The number of nitrogens with zero attached hydrogens (tertiary/aromatic N) is 3. The van der Waals surface area contributed by atoms with Crippen LogP contribution in [0.5, 0.6) is 0 Å². The fraction of sp³-hybridized carbons (Fsp3) is 0.471. The SMILES string of the molecule is COCCNC(=O)c1nc(C(=O)NCCCN(C)C)c2ccccn12. The number of nitrogens with one attached hydrogen (secondary N) is 2. The quantitative estimate of drug-likeness (QED) is 0.641. The third kappa shape index (κ3) is 5.01. The lowest BCUT2D eigenvalue weighted by Crippen LogP contribution is -2.29. The summed E-state index contributed by atoms with van der Waals surface area (Å²) in [7, 11) is 5.54. The van der Waals surface area contributed by atoms with Gasteiger partial charge in [-0.15, -0.1) is 0 Å². The van der Waals surface area contributed by atoms with Crippen LogP contribution in [0.1, 0.15) is 27.5 Å². The molecule has 2 amide bonds. The third-order valence-corrected chi connectivity index (χ3v) is 3.63. The summed E-state index contributed by atoms with van der Waals surface area (Å²) in [6.07, 6.45) is 2.56. The van der Waals surface area contributed by atoms with Crippen LogP contribution in [0.4, 0.5) is 0 Å². The molecule has 0 aliphatic heterocycles. The number of imidazole rings is 1. The second-order valence-corrected chi connectivity index (χ2v) is 5.90. The van der Waals surface area contributed by atoms with Crippen LogP contribution in [-0.2, 0) is 4.74 Å². The standard InChI is InChI=1S/C17H25N5O3/c1-21(2)10-6-8-18-16(23)14-13-7-4-5-11-22(13)15(20-14)17(24)19-9-12-25-3/h4-5,7,11H,6,8-10,12H2,1-3H3,(H,18,23)(H,19,24). The van der Waals surface area contributed by atoms with E-state index in [0.717, 1.165) is 13.0 Å². The number of hydrogen-bond donors (Lipinski definition) is 2. The zero-order chi connectivity index (χ0) is 18.2. The van der Waals surface area contributed by atoms with Crippen LogP contribution in [0.15, 0.2) is 24.4 Å². The number of hydrogen-bond acceptors (Lipinski definition) is 5. The van der Waals surface area contributed by atoms with E-state index < -0.39 is 0 Å². The van der Waals surface area contributed by atoms with E-state index in [9.17, 15) is 9.59 Å². The molecule has 0 atom stereocenters. The molecule has 2 N–H and O–H groups in total. The topological polar surface area (TPSA) is 88.0 Å². The Labute approximate surface area is 147 Å². The van der Waals surface area contributed by atoms with Crippen LogP contribution in [0.2, 0.25) is 0 Å². The van der Waals surface area contributed by atoms with E-state index in [2.05, 4.69) is 20.5 Å². The van der Waals surface area contributed by atoms with Crippen molar-refractivity contribution in [3.05, 3.63) is 35.9 Å². The van der Waals surface area contributed by atoms with Gasteiger partial charge in [-0.25, -0.2) is 4.98 Å². The summed E-state index contributed by atoms with van der Waals surface area (Å²) in [4.78, 5) is 31.1. The summed E-state index contributed by atoms with van der Waals surface area (Å²) in [6.45, 7) is 2.23. The molecule has 2 heterocycles. The van der Waals surface area contributed by atoms with Crippen LogP contribution in [0.3, 0.4) is 0 Å². The smallest absolute Gasteiger partial charge is 0.287 e.